The zero-order chi connectivity index (χ0) is 13.4. The van der Waals surface area contributed by atoms with Gasteiger partial charge in [0, 0.05) is 6.42 Å². The van der Waals surface area contributed by atoms with Gasteiger partial charge in [-0.25, -0.2) is 0 Å². The minimum Gasteiger partial charge on any atom is -0.496 e. The van der Waals surface area contributed by atoms with Gasteiger partial charge in [0.25, 0.3) is 0 Å². The molecule has 0 saturated carbocycles. The van der Waals surface area contributed by atoms with E-state index in [1.807, 2.05) is 6.07 Å². The lowest BCUT2D eigenvalue weighted by Gasteiger charge is -2.10. The van der Waals surface area contributed by atoms with Crippen molar-refractivity contribution in [3.05, 3.63) is 29.3 Å². The van der Waals surface area contributed by atoms with Gasteiger partial charge >= 0.3 is 0 Å². The maximum absolute atomic E-state index is 10.8. The number of carbonyl (C=O) groups excluding carboxylic acids is 1. The van der Waals surface area contributed by atoms with Crippen molar-refractivity contribution in [1.29, 1.82) is 0 Å². The van der Waals surface area contributed by atoms with Crippen molar-refractivity contribution in [2.24, 2.45) is 0 Å². The van der Waals surface area contributed by atoms with Gasteiger partial charge in [-0.3, -0.25) is 0 Å². The maximum atomic E-state index is 10.8. The molecule has 0 atom stereocenters. The molecule has 100 valence electrons. The molecular weight excluding hydrogens is 226 g/mol. The van der Waals surface area contributed by atoms with E-state index >= 15 is 0 Å². The molecule has 0 heterocycles. The number of hydrogen-bond acceptors (Lipinski definition) is 3. The van der Waals surface area contributed by atoms with E-state index in [0.717, 1.165) is 31.7 Å². The van der Waals surface area contributed by atoms with Crippen molar-refractivity contribution < 1.29 is 9.53 Å². The van der Waals surface area contributed by atoms with Crippen molar-refractivity contribution in [3.63, 3.8) is 0 Å². The molecule has 1 N–H and O–H groups in total. The minimum atomic E-state index is 0.261. The van der Waals surface area contributed by atoms with Crippen LogP contribution in [-0.4, -0.2) is 26.0 Å². The van der Waals surface area contributed by atoms with E-state index in [4.69, 9.17) is 4.74 Å². The van der Waals surface area contributed by atoms with E-state index < -0.39 is 0 Å². The number of benzene rings is 1. The first kappa shape index (κ1) is 14.7. The molecular formula is C15H23NO2. The van der Waals surface area contributed by atoms with Crippen LogP contribution in [0.3, 0.4) is 0 Å². The predicted octanol–water partition coefficient (Wildman–Crippen LogP) is 2.50. The quantitative estimate of drug-likeness (QED) is 0.719. The second kappa shape index (κ2) is 7.88. The van der Waals surface area contributed by atoms with Crippen molar-refractivity contribution in [2.75, 3.05) is 20.2 Å². The van der Waals surface area contributed by atoms with Crippen molar-refractivity contribution in [3.8, 4) is 5.75 Å². The molecule has 0 radical (unpaired) electrons. The number of ether oxygens (including phenoxy) is 1. The van der Waals surface area contributed by atoms with Gasteiger partial charge in [0.2, 0.25) is 0 Å². The Balaban J connectivity index is 2.30. The topological polar surface area (TPSA) is 38.3 Å². The normalized spacial score (nSPS) is 10.4. The third-order valence-electron chi connectivity index (χ3n) is 2.89. The van der Waals surface area contributed by atoms with Crippen LogP contribution in [0, 0.1) is 6.92 Å². The Labute approximate surface area is 110 Å². The molecule has 0 aromatic heterocycles. The molecule has 1 rings (SSSR count). The summed E-state index contributed by atoms with van der Waals surface area (Å²) < 4.78 is 5.34. The van der Waals surface area contributed by atoms with Crippen LogP contribution in [-0.2, 0) is 11.2 Å². The van der Waals surface area contributed by atoms with Crippen LogP contribution < -0.4 is 10.1 Å². The second-order valence-corrected chi connectivity index (χ2v) is 4.62. The first-order chi connectivity index (χ1) is 8.63. The van der Waals surface area contributed by atoms with Crippen LogP contribution in [0.5, 0.6) is 5.75 Å². The van der Waals surface area contributed by atoms with Crippen LogP contribution in [0.15, 0.2) is 18.2 Å². The van der Waals surface area contributed by atoms with E-state index in [0.29, 0.717) is 6.42 Å². The second-order valence-electron chi connectivity index (χ2n) is 4.62. The highest BCUT2D eigenvalue weighted by Gasteiger charge is 2.02. The molecule has 0 bridgehead atoms. The zero-order valence-corrected chi connectivity index (χ0v) is 11.6. The van der Waals surface area contributed by atoms with Gasteiger partial charge in [-0.1, -0.05) is 17.7 Å². The summed E-state index contributed by atoms with van der Waals surface area (Å²) in [6.07, 6.45) is 2.53. The Bertz CT molecular complexity index is 388. The zero-order valence-electron chi connectivity index (χ0n) is 11.6. The molecule has 0 aliphatic carbocycles. The van der Waals surface area contributed by atoms with Gasteiger partial charge in [-0.2, -0.15) is 0 Å². The summed E-state index contributed by atoms with van der Waals surface area (Å²) in [6, 6.07) is 6.24. The number of ketones is 1. The van der Waals surface area contributed by atoms with Crippen LogP contribution in [0.25, 0.3) is 0 Å². The van der Waals surface area contributed by atoms with Gasteiger partial charge < -0.3 is 14.8 Å². The summed E-state index contributed by atoms with van der Waals surface area (Å²) >= 11 is 0. The lowest BCUT2D eigenvalue weighted by atomic mass is 10.1. The van der Waals surface area contributed by atoms with Crippen LogP contribution >= 0.6 is 0 Å². The predicted molar refractivity (Wildman–Crippen MR) is 74.2 cm³/mol. The summed E-state index contributed by atoms with van der Waals surface area (Å²) in [4.78, 5) is 10.8. The molecule has 3 heteroatoms. The van der Waals surface area contributed by atoms with Gasteiger partial charge in [-0.15, -0.1) is 0 Å². The Morgan fingerprint density at radius 1 is 1.33 bits per heavy atom. The van der Waals surface area contributed by atoms with E-state index in [9.17, 15) is 4.79 Å². The van der Waals surface area contributed by atoms with Crippen molar-refractivity contribution >= 4 is 5.78 Å². The molecule has 0 spiro atoms. The van der Waals surface area contributed by atoms with E-state index in [1.165, 1.54) is 11.1 Å². The average molecular weight is 249 g/mol. The summed E-state index contributed by atoms with van der Waals surface area (Å²) in [6.45, 7) is 5.53. The molecule has 0 amide bonds. The summed E-state index contributed by atoms with van der Waals surface area (Å²) in [5.74, 6) is 1.21. The minimum absolute atomic E-state index is 0.261. The van der Waals surface area contributed by atoms with Crippen molar-refractivity contribution in [2.45, 2.75) is 33.1 Å². The number of methoxy groups -OCH3 is 1. The molecule has 0 saturated heterocycles. The standard InChI is InChI=1S/C15H23NO2/c1-12-6-7-15(18-3)14(11-12)8-10-16-9-4-5-13(2)17/h6-7,11,16H,4-5,8-10H2,1-3H3. The number of hydrogen-bond donors (Lipinski definition) is 1. The largest absolute Gasteiger partial charge is 0.496 e. The Morgan fingerprint density at radius 2 is 2.11 bits per heavy atom. The number of nitrogens with one attached hydrogen (secondary N) is 1. The highest BCUT2D eigenvalue weighted by atomic mass is 16.5. The first-order valence-electron chi connectivity index (χ1n) is 6.47. The van der Waals surface area contributed by atoms with Crippen LogP contribution in [0.1, 0.15) is 30.9 Å². The molecule has 18 heavy (non-hydrogen) atoms. The van der Waals surface area contributed by atoms with Gasteiger partial charge in [-0.05, 0) is 51.4 Å². The van der Waals surface area contributed by atoms with Crippen molar-refractivity contribution in [1.82, 2.24) is 5.32 Å². The van der Waals surface area contributed by atoms with E-state index in [-0.39, 0.29) is 5.78 Å². The highest BCUT2D eigenvalue weighted by Crippen LogP contribution is 2.19. The SMILES string of the molecule is COc1ccc(C)cc1CCNCCCC(C)=O. The van der Waals surface area contributed by atoms with Crippen LogP contribution in [0.2, 0.25) is 0 Å². The first-order valence-corrected chi connectivity index (χ1v) is 6.47. The summed E-state index contributed by atoms with van der Waals surface area (Å²) in [5.41, 5.74) is 2.49. The Morgan fingerprint density at radius 3 is 2.78 bits per heavy atom. The summed E-state index contributed by atoms with van der Waals surface area (Å²) in [7, 11) is 1.70. The molecule has 1 aromatic rings. The molecule has 0 aliphatic rings. The fraction of sp³-hybridized carbons (Fsp3) is 0.533. The molecule has 1 aromatic carbocycles. The highest BCUT2D eigenvalue weighted by molar-refractivity contribution is 5.75. The number of Topliss-reactive ketones (excluding diaryl/α,β-unsaturated/α-hetero) is 1. The van der Waals surface area contributed by atoms with Gasteiger partial charge in [0.05, 0.1) is 7.11 Å². The maximum Gasteiger partial charge on any atom is 0.129 e. The molecule has 0 fully saturated rings. The summed E-state index contributed by atoms with van der Waals surface area (Å²) in [5, 5.41) is 3.35. The fourth-order valence-corrected chi connectivity index (χ4v) is 1.91. The fourth-order valence-electron chi connectivity index (χ4n) is 1.91. The molecule has 3 nitrogen and oxygen atoms in total. The van der Waals surface area contributed by atoms with Gasteiger partial charge in [0.15, 0.2) is 0 Å². The number of aryl methyl sites for hydroxylation is 1. The third-order valence-corrected chi connectivity index (χ3v) is 2.89. The number of rotatable bonds is 8. The lowest BCUT2D eigenvalue weighted by molar-refractivity contribution is -0.117. The lowest BCUT2D eigenvalue weighted by Crippen LogP contribution is -2.19. The van der Waals surface area contributed by atoms with E-state index in [2.05, 4.69) is 24.4 Å². The van der Waals surface area contributed by atoms with E-state index in [1.54, 1.807) is 14.0 Å². The average Bonchev–Trinajstić information content (AvgIpc) is 2.33. The van der Waals surface area contributed by atoms with Gasteiger partial charge in [0.1, 0.15) is 11.5 Å². The Hall–Kier alpha value is -1.35. The third kappa shape index (κ3) is 5.32. The number of carbonyl (C=O) groups is 1. The van der Waals surface area contributed by atoms with Crippen LogP contribution in [0.4, 0.5) is 0 Å². The Kier molecular flexibility index (Phi) is 6.44. The molecule has 0 unspecified atom stereocenters. The monoisotopic (exact) mass is 249 g/mol. The smallest absolute Gasteiger partial charge is 0.129 e. The molecule has 0 aliphatic heterocycles.